The first-order chi connectivity index (χ1) is 12.1. The van der Waals surface area contributed by atoms with Gasteiger partial charge in [0.05, 0.1) is 23.5 Å². The van der Waals surface area contributed by atoms with Gasteiger partial charge in [0.15, 0.2) is 0 Å². The van der Waals surface area contributed by atoms with Gasteiger partial charge in [-0.05, 0) is 36.6 Å². The summed E-state index contributed by atoms with van der Waals surface area (Å²) in [5, 5.41) is 6.72. The number of hydrogen-bond donors (Lipinski definition) is 4. The average Bonchev–Trinajstić information content (AvgIpc) is 3.22. The molecule has 1 aliphatic heterocycles. The Morgan fingerprint density at radius 2 is 1.96 bits per heavy atom. The van der Waals surface area contributed by atoms with Crippen LogP contribution < -0.4 is 21.6 Å². The largest absolute Gasteiger partial charge is 0.450 e. The standard InChI is InChI=1S/C15H14N4O5S/c1-2-23-15(22)17-13(21)9-5-6-25-14(9)16-12(20)8-3-4-10-11(7-8)19-24-18-10/h3-7,18-19H,2H2,1H3,(H,16,20)(H,17,21,22). The Morgan fingerprint density at radius 3 is 2.76 bits per heavy atom. The number of thiophene rings is 1. The summed E-state index contributed by atoms with van der Waals surface area (Å²) in [7, 11) is 0. The number of alkyl carbamates (subject to hydrolysis) is 1. The van der Waals surface area contributed by atoms with Crippen molar-refractivity contribution in [3.05, 3.63) is 40.8 Å². The van der Waals surface area contributed by atoms with E-state index in [0.29, 0.717) is 21.9 Å². The van der Waals surface area contributed by atoms with Crippen LogP contribution in [0.3, 0.4) is 0 Å². The molecule has 0 atom stereocenters. The van der Waals surface area contributed by atoms with E-state index in [2.05, 4.69) is 26.3 Å². The monoisotopic (exact) mass is 362 g/mol. The van der Waals surface area contributed by atoms with Gasteiger partial charge in [0.1, 0.15) is 5.00 Å². The smallest absolute Gasteiger partial charge is 0.414 e. The minimum atomic E-state index is -0.840. The molecule has 0 saturated heterocycles. The van der Waals surface area contributed by atoms with Crippen molar-refractivity contribution < 1.29 is 24.1 Å². The summed E-state index contributed by atoms with van der Waals surface area (Å²) in [6.07, 6.45) is -0.840. The van der Waals surface area contributed by atoms with Crippen LogP contribution in [-0.2, 0) is 9.68 Å². The number of rotatable bonds is 4. The zero-order valence-corrected chi connectivity index (χ0v) is 13.9. The Kier molecular flexibility index (Phi) is 4.82. The fourth-order valence-corrected chi connectivity index (χ4v) is 2.86. The molecule has 25 heavy (non-hydrogen) atoms. The zero-order chi connectivity index (χ0) is 17.8. The third-order valence-corrected chi connectivity index (χ3v) is 4.06. The molecule has 4 N–H and O–H groups in total. The van der Waals surface area contributed by atoms with Crippen molar-refractivity contribution in [2.75, 3.05) is 22.9 Å². The second-order valence-electron chi connectivity index (χ2n) is 4.86. The van der Waals surface area contributed by atoms with Gasteiger partial charge in [-0.1, -0.05) is 0 Å². The molecule has 3 amide bonds. The lowest BCUT2D eigenvalue weighted by Crippen LogP contribution is -2.31. The fourth-order valence-electron chi connectivity index (χ4n) is 2.08. The summed E-state index contributed by atoms with van der Waals surface area (Å²) >= 11 is 1.17. The third-order valence-electron chi connectivity index (χ3n) is 3.23. The van der Waals surface area contributed by atoms with Gasteiger partial charge < -0.3 is 10.1 Å². The molecule has 2 heterocycles. The van der Waals surface area contributed by atoms with Crippen molar-refractivity contribution in [2.24, 2.45) is 0 Å². The quantitative estimate of drug-likeness (QED) is 0.660. The van der Waals surface area contributed by atoms with Crippen LogP contribution in [0.15, 0.2) is 29.6 Å². The first-order valence-electron chi connectivity index (χ1n) is 7.27. The molecular weight excluding hydrogens is 348 g/mol. The molecule has 2 aromatic rings. The summed E-state index contributed by atoms with van der Waals surface area (Å²) in [5.74, 6) is -1.05. The summed E-state index contributed by atoms with van der Waals surface area (Å²) in [4.78, 5) is 40.7. The minimum absolute atomic E-state index is 0.150. The van der Waals surface area contributed by atoms with E-state index in [1.807, 2.05) is 0 Å². The summed E-state index contributed by atoms with van der Waals surface area (Å²) in [6.45, 7) is 1.78. The second kappa shape index (κ2) is 7.20. The molecule has 0 bridgehead atoms. The molecule has 3 rings (SSSR count). The Hall–Kier alpha value is -3.11. The number of imide groups is 1. The van der Waals surface area contributed by atoms with Crippen LogP contribution in [-0.4, -0.2) is 24.5 Å². The fraction of sp³-hybridized carbons (Fsp3) is 0.133. The molecule has 0 spiro atoms. The first-order valence-corrected chi connectivity index (χ1v) is 8.15. The summed E-state index contributed by atoms with van der Waals surface area (Å²) in [6, 6.07) is 6.42. The van der Waals surface area contributed by atoms with Crippen LogP contribution in [0.5, 0.6) is 0 Å². The lowest BCUT2D eigenvalue weighted by Gasteiger charge is -2.07. The number of ether oxygens (including phenoxy) is 1. The molecule has 0 saturated carbocycles. The molecule has 1 aliphatic rings. The van der Waals surface area contributed by atoms with Gasteiger partial charge in [0, 0.05) is 5.56 Å². The third kappa shape index (κ3) is 3.70. The summed E-state index contributed by atoms with van der Waals surface area (Å²) < 4.78 is 4.66. The number of carbonyl (C=O) groups is 3. The van der Waals surface area contributed by atoms with Crippen LogP contribution in [0.4, 0.5) is 21.2 Å². The Balaban J connectivity index is 1.71. The molecule has 0 unspecified atom stereocenters. The number of nitrogens with one attached hydrogen (secondary N) is 4. The maximum absolute atomic E-state index is 12.4. The van der Waals surface area contributed by atoms with Crippen LogP contribution in [0.25, 0.3) is 0 Å². The maximum atomic E-state index is 12.4. The topological polar surface area (TPSA) is 118 Å². The van der Waals surface area contributed by atoms with E-state index in [4.69, 9.17) is 4.94 Å². The number of hydrogen-bond acceptors (Lipinski definition) is 8. The predicted molar refractivity (Wildman–Crippen MR) is 91.5 cm³/mol. The number of carbonyl (C=O) groups excluding carboxylic acids is 3. The van der Waals surface area contributed by atoms with E-state index >= 15 is 0 Å². The van der Waals surface area contributed by atoms with Gasteiger partial charge in [-0.3, -0.25) is 14.9 Å². The van der Waals surface area contributed by atoms with Crippen LogP contribution in [0, 0.1) is 0 Å². The van der Waals surface area contributed by atoms with Gasteiger partial charge in [-0.15, -0.1) is 11.3 Å². The van der Waals surface area contributed by atoms with E-state index in [9.17, 15) is 14.4 Å². The van der Waals surface area contributed by atoms with E-state index < -0.39 is 17.9 Å². The van der Waals surface area contributed by atoms with E-state index in [0.717, 1.165) is 0 Å². The van der Waals surface area contributed by atoms with Gasteiger partial charge in [-0.2, -0.15) is 4.94 Å². The highest BCUT2D eigenvalue weighted by atomic mass is 32.1. The Morgan fingerprint density at radius 1 is 1.16 bits per heavy atom. The van der Waals surface area contributed by atoms with Gasteiger partial charge in [0.25, 0.3) is 11.8 Å². The number of anilines is 3. The molecule has 10 heteroatoms. The molecule has 0 aliphatic carbocycles. The number of fused-ring (bicyclic) bond motifs is 1. The zero-order valence-electron chi connectivity index (χ0n) is 13.0. The lowest BCUT2D eigenvalue weighted by atomic mass is 10.1. The molecule has 1 aromatic heterocycles. The Labute approximate surface area is 146 Å². The minimum Gasteiger partial charge on any atom is -0.450 e. The summed E-state index contributed by atoms with van der Waals surface area (Å²) in [5.41, 5.74) is 7.13. The first kappa shape index (κ1) is 16.7. The average molecular weight is 362 g/mol. The molecule has 130 valence electrons. The highest BCUT2D eigenvalue weighted by Crippen LogP contribution is 2.29. The van der Waals surface area contributed by atoms with Crippen LogP contribution in [0.2, 0.25) is 0 Å². The van der Waals surface area contributed by atoms with Crippen molar-refractivity contribution in [3.8, 4) is 0 Å². The van der Waals surface area contributed by atoms with Crippen molar-refractivity contribution >= 4 is 45.6 Å². The number of benzene rings is 1. The Bertz CT molecular complexity index is 835. The highest BCUT2D eigenvalue weighted by Gasteiger charge is 2.19. The van der Waals surface area contributed by atoms with Crippen LogP contribution in [0.1, 0.15) is 27.6 Å². The van der Waals surface area contributed by atoms with Crippen molar-refractivity contribution in [2.45, 2.75) is 6.92 Å². The van der Waals surface area contributed by atoms with Crippen LogP contribution >= 0.6 is 11.3 Å². The van der Waals surface area contributed by atoms with Crippen molar-refractivity contribution in [1.29, 1.82) is 0 Å². The molecule has 0 radical (unpaired) electrons. The highest BCUT2D eigenvalue weighted by molar-refractivity contribution is 7.14. The van der Waals surface area contributed by atoms with Gasteiger partial charge >= 0.3 is 6.09 Å². The van der Waals surface area contributed by atoms with E-state index in [-0.39, 0.29) is 12.2 Å². The van der Waals surface area contributed by atoms with Gasteiger partial charge in [0.2, 0.25) is 0 Å². The predicted octanol–water partition coefficient (Wildman–Crippen LogP) is 2.57. The SMILES string of the molecule is CCOC(=O)NC(=O)c1ccsc1NC(=O)c1ccc2c(c1)NON2. The second-order valence-corrected chi connectivity index (χ2v) is 5.77. The lowest BCUT2D eigenvalue weighted by molar-refractivity contribution is 0.0926. The molecule has 9 nitrogen and oxygen atoms in total. The van der Waals surface area contributed by atoms with Gasteiger partial charge in [-0.25, -0.2) is 15.8 Å². The number of amides is 3. The van der Waals surface area contributed by atoms with Crippen molar-refractivity contribution in [1.82, 2.24) is 5.32 Å². The molecule has 0 fully saturated rings. The van der Waals surface area contributed by atoms with E-state index in [1.54, 1.807) is 30.5 Å². The maximum Gasteiger partial charge on any atom is 0.414 e. The van der Waals surface area contributed by atoms with E-state index in [1.165, 1.54) is 17.4 Å². The molecular formula is C15H14N4O5S. The molecule has 1 aromatic carbocycles. The van der Waals surface area contributed by atoms with Crippen molar-refractivity contribution in [3.63, 3.8) is 0 Å². The normalized spacial score (nSPS) is 11.7.